The van der Waals surface area contributed by atoms with Gasteiger partial charge in [0.1, 0.15) is 11.5 Å². The van der Waals surface area contributed by atoms with Gasteiger partial charge in [-0.05, 0) is 73.5 Å². The summed E-state index contributed by atoms with van der Waals surface area (Å²) in [7, 11) is -7.70. The lowest BCUT2D eigenvalue weighted by Gasteiger charge is -2.09. The van der Waals surface area contributed by atoms with Crippen molar-refractivity contribution < 1.29 is 21.6 Å². The Morgan fingerprint density at radius 2 is 1.26 bits per heavy atom. The van der Waals surface area contributed by atoms with Crippen LogP contribution in [0.25, 0.3) is 0 Å². The molecule has 0 aromatic heterocycles. The summed E-state index contributed by atoms with van der Waals surface area (Å²) in [6.45, 7) is 1.54. The molecule has 0 aliphatic heterocycles. The molecule has 0 aliphatic rings. The van der Waals surface area contributed by atoms with E-state index in [1.165, 1.54) is 43.3 Å². The molecular weight excluding hydrogens is 434 g/mol. The van der Waals surface area contributed by atoms with E-state index in [2.05, 4.69) is 22.5 Å². The van der Waals surface area contributed by atoms with Crippen LogP contribution < -0.4 is 9.46 Å². The summed E-state index contributed by atoms with van der Waals surface area (Å²) in [5, 5.41) is 2.01. The second-order valence-corrected chi connectivity index (χ2v) is 9.49. The maximum atomic E-state index is 12.9. The Morgan fingerprint density at radius 3 is 1.84 bits per heavy atom. The average molecular weight is 452 g/mol. The molecular formula is C23H17NO5S2. The van der Waals surface area contributed by atoms with Crippen LogP contribution in [0.2, 0.25) is 0 Å². The predicted octanol–water partition coefficient (Wildman–Crippen LogP) is 4.04. The van der Waals surface area contributed by atoms with E-state index in [4.69, 9.17) is 4.74 Å². The minimum Gasteiger partial charge on any atom is -0.457 e. The first-order valence-corrected chi connectivity index (χ1v) is 11.9. The zero-order valence-corrected chi connectivity index (χ0v) is 18.0. The monoisotopic (exact) mass is 451 g/mol. The average Bonchev–Trinajstić information content (AvgIpc) is 2.75. The van der Waals surface area contributed by atoms with Gasteiger partial charge in [-0.2, -0.15) is 8.42 Å². The van der Waals surface area contributed by atoms with E-state index in [0.717, 1.165) is 0 Å². The van der Waals surface area contributed by atoms with Crippen LogP contribution in [0, 0.1) is 23.0 Å². The molecule has 0 fully saturated rings. The third kappa shape index (κ3) is 5.89. The van der Waals surface area contributed by atoms with E-state index >= 15 is 0 Å². The minimum absolute atomic E-state index is 0.0232. The second-order valence-electron chi connectivity index (χ2n) is 6.12. The Kier molecular flexibility index (Phi) is 6.66. The number of anilines is 1. The van der Waals surface area contributed by atoms with Crippen LogP contribution in [0.15, 0.2) is 88.7 Å². The Balaban J connectivity index is 1.76. The molecule has 3 rings (SSSR count). The Labute approximate surface area is 181 Å². The molecule has 3 aromatic carbocycles. The molecule has 31 heavy (non-hydrogen) atoms. The van der Waals surface area contributed by atoms with Gasteiger partial charge >= 0.3 is 10.0 Å². The van der Waals surface area contributed by atoms with Crippen molar-refractivity contribution in [2.24, 2.45) is 0 Å². The predicted molar refractivity (Wildman–Crippen MR) is 119 cm³/mol. The number of hydrogen-bond donors (Lipinski definition) is 1. The molecule has 0 saturated carbocycles. The van der Waals surface area contributed by atoms with Crippen LogP contribution >= 0.6 is 0 Å². The number of benzene rings is 3. The summed E-state index contributed by atoms with van der Waals surface area (Å²) in [5.74, 6) is 8.15. The van der Waals surface area contributed by atoms with Crippen LogP contribution in [0.5, 0.6) is 11.5 Å². The molecule has 0 radical (unpaired) electrons. The molecule has 0 atom stereocenters. The van der Waals surface area contributed by atoms with Gasteiger partial charge in [-0.15, -0.1) is 0 Å². The molecule has 3 aromatic rings. The third-order valence-electron chi connectivity index (χ3n) is 3.90. The zero-order chi connectivity index (χ0) is 22.3. The molecule has 0 saturated heterocycles. The van der Waals surface area contributed by atoms with Gasteiger partial charge in [-0.3, -0.25) is 4.72 Å². The van der Waals surface area contributed by atoms with Gasteiger partial charge in [0.25, 0.3) is 0 Å². The first-order chi connectivity index (χ1) is 14.8. The molecule has 0 bridgehead atoms. The van der Waals surface area contributed by atoms with Crippen molar-refractivity contribution in [1.29, 1.82) is 0 Å². The van der Waals surface area contributed by atoms with Crippen molar-refractivity contribution in [3.63, 3.8) is 0 Å². The van der Waals surface area contributed by atoms with E-state index in [0.29, 0.717) is 11.5 Å². The van der Waals surface area contributed by atoms with Crippen LogP contribution in [0.3, 0.4) is 0 Å². The molecule has 0 heterocycles. The van der Waals surface area contributed by atoms with Crippen molar-refractivity contribution in [2.75, 3.05) is 4.72 Å². The van der Waals surface area contributed by atoms with Gasteiger partial charge in [-0.25, -0.2) is 8.42 Å². The van der Waals surface area contributed by atoms with Crippen LogP contribution in [0.4, 0.5) is 5.69 Å². The molecule has 8 heteroatoms. The van der Waals surface area contributed by atoms with Crippen molar-refractivity contribution in [3.05, 3.63) is 78.9 Å². The maximum Gasteiger partial charge on any atom is 0.302 e. The summed E-state index contributed by atoms with van der Waals surface area (Å²) in [6.07, 6.45) is 0. The van der Waals surface area contributed by atoms with Gasteiger partial charge in [-0.1, -0.05) is 24.1 Å². The largest absolute Gasteiger partial charge is 0.457 e. The summed E-state index contributed by atoms with van der Waals surface area (Å²) in [4.78, 5) is 0.111. The molecule has 156 valence electrons. The van der Waals surface area contributed by atoms with Crippen LogP contribution in [-0.4, -0.2) is 16.8 Å². The highest BCUT2D eigenvalue weighted by Crippen LogP contribution is 2.26. The van der Waals surface area contributed by atoms with Gasteiger partial charge in [0.15, 0.2) is 0 Å². The number of rotatable bonds is 6. The van der Waals surface area contributed by atoms with Crippen molar-refractivity contribution in [1.82, 2.24) is 0 Å². The summed E-state index contributed by atoms with van der Waals surface area (Å²) in [6, 6.07) is 20.5. The molecule has 0 aliphatic carbocycles. The lowest BCUT2D eigenvalue weighted by Crippen LogP contribution is -2.09. The smallest absolute Gasteiger partial charge is 0.302 e. The highest BCUT2D eigenvalue weighted by Gasteiger charge is 2.18. The second kappa shape index (κ2) is 9.40. The van der Waals surface area contributed by atoms with Gasteiger partial charge in [0, 0.05) is 11.6 Å². The first kappa shape index (κ1) is 22.0. The van der Waals surface area contributed by atoms with Crippen molar-refractivity contribution in [2.45, 2.75) is 16.7 Å². The highest BCUT2D eigenvalue weighted by molar-refractivity contribution is 7.97. The standard InChI is InChI=1S/C23H17NO5S2/c1-2-3-7-18-30(25,26)24-19-10-14-22(15-11-19)31(27,28)23-16-12-21(13-17-23)29-20-8-5-4-6-9-20/h4-6,8-17,24H,1H3. The maximum absolute atomic E-state index is 12.9. The normalized spacial score (nSPS) is 10.7. The third-order valence-corrected chi connectivity index (χ3v) is 6.56. The van der Waals surface area contributed by atoms with E-state index < -0.39 is 19.9 Å². The van der Waals surface area contributed by atoms with Gasteiger partial charge in [0.05, 0.1) is 15.0 Å². The quantitative estimate of drug-likeness (QED) is 0.572. The van der Waals surface area contributed by atoms with Crippen molar-refractivity contribution in [3.8, 4) is 34.5 Å². The number of nitrogens with one attached hydrogen (secondary N) is 1. The molecule has 6 nitrogen and oxygen atoms in total. The fourth-order valence-corrected chi connectivity index (χ4v) is 4.43. The summed E-state index contributed by atoms with van der Waals surface area (Å²) >= 11 is 0. The topological polar surface area (TPSA) is 89.5 Å². The Morgan fingerprint density at radius 1 is 0.710 bits per heavy atom. The van der Waals surface area contributed by atoms with Gasteiger partial charge in [0.2, 0.25) is 9.84 Å². The van der Waals surface area contributed by atoms with E-state index in [9.17, 15) is 16.8 Å². The number of ether oxygens (including phenoxy) is 1. The SMILES string of the molecule is CC#CC#CS(=O)(=O)Nc1ccc(S(=O)(=O)c2ccc(Oc3ccccc3)cc2)cc1. The number of hydrogen-bond acceptors (Lipinski definition) is 5. The van der Waals surface area contributed by atoms with Crippen molar-refractivity contribution >= 4 is 25.5 Å². The molecule has 0 spiro atoms. The Bertz CT molecular complexity index is 1390. The zero-order valence-electron chi connectivity index (χ0n) is 16.4. The molecule has 0 unspecified atom stereocenters. The number of sulfone groups is 1. The first-order valence-electron chi connectivity index (χ1n) is 8.94. The van der Waals surface area contributed by atoms with Crippen LogP contribution in [0.1, 0.15) is 6.92 Å². The minimum atomic E-state index is -3.91. The van der Waals surface area contributed by atoms with Crippen LogP contribution in [-0.2, 0) is 19.9 Å². The fourth-order valence-electron chi connectivity index (χ4n) is 2.49. The number of para-hydroxylation sites is 1. The van der Waals surface area contributed by atoms with Gasteiger partial charge < -0.3 is 4.74 Å². The van der Waals surface area contributed by atoms with E-state index in [-0.39, 0.29) is 15.5 Å². The lowest BCUT2D eigenvalue weighted by molar-refractivity contribution is 0.482. The fraction of sp³-hybridized carbons (Fsp3) is 0.0435. The lowest BCUT2D eigenvalue weighted by atomic mass is 10.3. The number of sulfonamides is 1. The highest BCUT2D eigenvalue weighted by atomic mass is 32.2. The summed E-state index contributed by atoms with van der Waals surface area (Å²) < 4.78 is 57.3. The Hall–Kier alpha value is -3.72. The van der Waals surface area contributed by atoms with E-state index in [1.54, 1.807) is 24.3 Å². The molecule has 1 N–H and O–H groups in total. The molecule has 0 amide bonds. The van der Waals surface area contributed by atoms with E-state index in [1.807, 2.05) is 23.5 Å². The summed E-state index contributed by atoms with van der Waals surface area (Å²) in [5.41, 5.74) is 0.185.